The van der Waals surface area contributed by atoms with Gasteiger partial charge in [-0.1, -0.05) is 0 Å². The van der Waals surface area contributed by atoms with Gasteiger partial charge in [0.25, 0.3) is 0 Å². The van der Waals surface area contributed by atoms with Gasteiger partial charge in [-0.25, -0.2) is 0 Å². The van der Waals surface area contributed by atoms with Gasteiger partial charge in [0.1, 0.15) is 24.4 Å². The average molecular weight is 469 g/mol. The lowest BCUT2D eigenvalue weighted by atomic mass is 10.7. The van der Waals surface area contributed by atoms with Crippen LogP contribution in [0.2, 0.25) is 0 Å². The molecule has 3 nitrogen and oxygen atoms in total. The quantitative estimate of drug-likeness (QED) is 0.531. The fraction of sp³-hybridized carbons (Fsp3) is 0. The van der Waals surface area contributed by atoms with Crippen molar-refractivity contribution in [2.45, 2.75) is 0 Å². The molecule has 0 N–H and O–H groups in total. The molecule has 0 spiro atoms. The van der Waals surface area contributed by atoms with Crippen LogP contribution in [0.25, 0.3) is 0 Å². The molecule has 0 fully saturated rings. The van der Waals surface area contributed by atoms with Gasteiger partial charge in [-0.3, -0.25) is 0 Å². The number of rotatable bonds is 3. The molecule has 0 saturated carbocycles. The van der Waals surface area contributed by atoms with Gasteiger partial charge in [0, 0.05) is 0 Å². The molecule has 0 aromatic carbocycles. The van der Waals surface area contributed by atoms with Gasteiger partial charge < -0.3 is 13.3 Å². The van der Waals surface area contributed by atoms with Gasteiger partial charge in [-0.05, 0) is 84.2 Å². The van der Waals surface area contributed by atoms with E-state index >= 15 is 0 Å². The Morgan fingerprint density at radius 3 is 1.11 bits per heavy atom. The molecule has 0 aliphatic heterocycles. The normalized spacial score (nSPS) is 11.4. The highest BCUT2D eigenvalue weighted by molar-refractivity contribution is 9.10. The van der Waals surface area contributed by atoms with Crippen LogP contribution in [0, 0.1) is 0 Å². The van der Waals surface area contributed by atoms with Crippen molar-refractivity contribution in [1.82, 2.24) is 0 Å². The second kappa shape index (κ2) is 5.60. The molecule has 0 atom stereocenters. The first-order valence-corrected chi connectivity index (χ1v) is 8.92. The molecule has 3 aromatic rings. The summed E-state index contributed by atoms with van der Waals surface area (Å²) < 4.78 is 19.1. The van der Waals surface area contributed by atoms with Crippen LogP contribution in [0.1, 0.15) is 0 Å². The standard InChI is InChI=1S/C12H6Br3O3P/c13-7-1-4-10(16-7)19(11-5-2-8(14)17-11)12-6-3-9(15)18-12/h1-6H. The van der Waals surface area contributed by atoms with Crippen LogP contribution in [0.3, 0.4) is 0 Å². The third-order valence-corrected chi connectivity index (χ3v) is 5.66. The molecule has 0 aliphatic carbocycles. The van der Waals surface area contributed by atoms with Crippen molar-refractivity contribution in [3.05, 3.63) is 50.4 Å². The summed E-state index contributed by atoms with van der Waals surface area (Å²) >= 11 is 9.96. The summed E-state index contributed by atoms with van der Waals surface area (Å²) in [4.78, 5) is 0. The molecule has 0 radical (unpaired) electrons. The maximum absolute atomic E-state index is 5.67. The van der Waals surface area contributed by atoms with E-state index < -0.39 is 7.92 Å². The molecule has 0 amide bonds. The van der Waals surface area contributed by atoms with Crippen LogP contribution in [0.15, 0.2) is 63.7 Å². The fourth-order valence-corrected chi connectivity index (χ4v) is 4.79. The van der Waals surface area contributed by atoms with E-state index in [0.29, 0.717) is 14.0 Å². The van der Waals surface area contributed by atoms with Gasteiger partial charge in [-0.2, -0.15) is 0 Å². The summed E-state index contributed by atoms with van der Waals surface area (Å²) in [5, 5.41) is 0. The van der Waals surface area contributed by atoms with Crippen LogP contribution in [-0.4, -0.2) is 0 Å². The first-order chi connectivity index (χ1) is 9.13. The molecule has 3 rings (SSSR count). The van der Waals surface area contributed by atoms with E-state index in [9.17, 15) is 0 Å². The average Bonchev–Trinajstić information content (AvgIpc) is 3.05. The zero-order chi connectivity index (χ0) is 13.4. The third-order valence-electron chi connectivity index (χ3n) is 2.34. The third kappa shape index (κ3) is 2.92. The molecule has 3 heterocycles. The molecule has 0 unspecified atom stereocenters. The summed E-state index contributed by atoms with van der Waals surface area (Å²) in [6.45, 7) is 0. The van der Waals surface area contributed by atoms with Crippen LogP contribution >= 0.6 is 55.7 Å². The molecule has 7 heteroatoms. The first-order valence-electron chi connectivity index (χ1n) is 5.19. The zero-order valence-electron chi connectivity index (χ0n) is 9.27. The maximum Gasteiger partial charge on any atom is 0.169 e. The predicted molar refractivity (Wildman–Crippen MR) is 85.0 cm³/mol. The van der Waals surface area contributed by atoms with Gasteiger partial charge in [0.2, 0.25) is 0 Å². The number of hydrogen-bond donors (Lipinski definition) is 0. The molecular weight excluding hydrogens is 463 g/mol. The Hall–Kier alpha value is -0.290. The van der Waals surface area contributed by atoms with E-state index in [2.05, 4.69) is 47.8 Å². The zero-order valence-corrected chi connectivity index (χ0v) is 14.9. The van der Waals surface area contributed by atoms with Gasteiger partial charge >= 0.3 is 0 Å². The molecule has 3 aromatic heterocycles. The monoisotopic (exact) mass is 466 g/mol. The summed E-state index contributed by atoms with van der Waals surface area (Å²) in [5.74, 6) is 0. The smallest absolute Gasteiger partial charge is 0.169 e. The summed E-state index contributed by atoms with van der Waals surface area (Å²) in [7, 11) is -0.973. The highest BCUT2D eigenvalue weighted by atomic mass is 79.9. The second-order valence-electron chi connectivity index (χ2n) is 3.57. The molecule has 98 valence electrons. The van der Waals surface area contributed by atoms with E-state index in [0.717, 1.165) is 16.5 Å². The molecule has 0 aliphatic rings. The van der Waals surface area contributed by atoms with E-state index in [-0.39, 0.29) is 0 Å². The summed E-state index contributed by atoms with van der Waals surface area (Å²) in [6, 6.07) is 11.3. The summed E-state index contributed by atoms with van der Waals surface area (Å²) in [6.07, 6.45) is 0. The summed E-state index contributed by atoms with van der Waals surface area (Å²) in [5.41, 5.74) is 2.43. The highest BCUT2D eigenvalue weighted by Gasteiger charge is 2.26. The van der Waals surface area contributed by atoms with Crippen molar-refractivity contribution in [1.29, 1.82) is 0 Å². The van der Waals surface area contributed by atoms with Crippen molar-refractivity contribution in [3.8, 4) is 0 Å². The van der Waals surface area contributed by atoms with E-state index in [4.69, 9.17) is 13.3 Å². The number of furan rings is 3. The highest BCUT2D eigenvalue weighted by Crippen LogP contribution is 2.36. The van der Waals surface area contributed by atoms with Crippen molar-refractivity contribution >= 4 is 72.2 Å². The van der Waals surface area contributed by atoms with Crippen molar-refractivity contribution in [2.75, 3.05) is 0 Å². The largest absolute Gasteiger partial charge is 0.449 e. The molecule has 19 heavy (non-hydrogen) atoms. The Balaban J connectivity index is 2.10. The lowest BCUT2D eigenvalue weighted by Crippen LogP contribution is -2.17. The molecular formula is C12H6Br3O3P. The Morgan fingerprint density at radius 2 is 0.895 bits per heavy atom. The van der Waals surface area contributed by atoms with Crippen LogP contribution < -0.4 is 16.5 Å². The van der Waals surface area contributed by atoms with Gasteiger partial charge in [0.05, 0.1) is 0 Å². The first kappa shape index (κ1) is 13.7. The van der Waals surface area contributed by atoms with Crippen molar-refractivity contribution in [2.24, 2.45) is 0 Å². The number of hydrogen-bond acceptors (Lipinski definition) is 3. The van der Waals surface area contributed by atoms with Crippen LogP contribution in [0.4, 0.5) is 0 Å². The van der Waals surface area contributed by atoms with E-state index in [1.54, 1.807) is 0 Å². The Kier molecular flexibility index (Phi) is 4.03. The van der Waals surface area contributed by atoms with Gasteiger partial charge in [-0.15, -0.1) is 0 Å². The van der Waals surface area contributed by atoms with E-state index in [1.165, 1.54) is 0 Å². The minimum absolute atomic E-state index is 0.686. The Bertz CT molecular complexity index is 605. The minimum atomic E-state index is -0.973. The second-order valence-corrected chi connectivity index (χ2v) is 7.91. The molecule has 0 saturated heterocycles. The van der Waals surface area contributed by atoms with Crippen LogP contribution in [-0.2, 0) is 0 Å². The number of halogens is 3. The Labute approximate surface area is 135 Å². The lowest BCUT2D eigenvalue weighted by molar-refractivity contribution is 0.558. The van der Waals surface area contributed by atoms with E-state index in [1.807, 2.05) is 36.4 Å². The maximum atomic E-state index is 5.67. The van der Waals surface area contributed by atoms with Crippen LogP contribution in [0.5, 0.6) is 0 Å². The molecule has 0 bridgehead atoms. The fourth-order valence-electron chi connectivity index (χ4n) is 1.60. The van der Waals surface area contributed by atoms with Crippen molar-refractivity contribution < 1.29 is 13.3 Å². The Morgan fingerprint density at radius 1 is 0.579 bits per heavy atom. The SMILES string of the molecule is Brc1ccc(P(c2ccc(Br)o2)c2ccc(Br)o2)o1. The van der Waals surface area contributed by atoms with Crippen molar-refractivity contribution in [3.63, 3.8) is 0 Å². The topological polar surface area (TPSA) is 39.4 Å². The minimum Gasteiger partial charge on any atom is -0.449 e. The van der Waals surface area contributed by atoms with Gasteiger partial charge in [0.15, 0.2) is 14.0 Å². The predicted octanol–water partition coefficient (Wildman–Crippen LogP) is 4.51. The lowest BCUT2D eigenvalue weighted by Gasteiger charge is -2.08.